The van der Waals surface area contributed by atoms with E-state index in [1.165, 1.54) is 6.07 Å². The van der Waals surface area contributed by atoms with Crippen LogP contribution in [0.2, 0.25) is 0 Å². The second-order valence-electron chi connectivity index (χ2n) is 5.52. The molecule has 0 bridgehead atoms. The highest BCUT2D eigenvalue weighted by Gasteiger charge is 2.14. The van der Waals surface area contributed by atoms with Crippen LogP contribution in [0.3, 0.4) is 0 Å². The second kappa shape index (κ2) is 7.61. The van der Waals surface area contributed by atoms with Crippen LogP contribution < -0.4 is 4.74 Å². The Balaban J connectivity index is 1.87. The molecule has 0 spiro atoms. The fourth-order valence-electron chi connectivity index (χ4n) is 2.54. The summed E-state index contributed by atoms with van der Waals surface area (Å²) in [4.78, 5) is 0. The molecule has 0 aromatic heterocycles. The summed E-state index contributed by atoms with van der Waals surface area (Å²) in [5.74, 6) is 0.102. The molecular formula is C19H20FNO. The van der Waals surface area contributed by atoms with Crippen LogP contribution in [0.1, 0.15) is 35.4 Å². The lowest BCUT2D eigenvalue weighted by Gasteiger charge is -2.12. The van der Waals surface area contributed by atoms with E-state index in [-0.39, 0.29) is 5.82 Å². The van der Waals surface area contributed by atoms with Crippen molar-refractivity contribution in [2.24, 2.45) is 0 Å². The van der Waals surface area contributed by atoms with Gasteiger partial charge in [-0.3, -0.25) is 0 Å². The normalized spacial score (nSPS) is 11.7. The van der Waals surface area contributed by atoms with Gasteiger partial charge in [-0.2, -0.15) is 5.26 Å². The summed E-state index contributed by atoms with van der Waals surface area (Å²) in [5, 5.41) is 9.24. The van der Waals surface area contributed by atoms with Crippen molar-refractivity contribution in [1.29, 1.82) is 5.26 Å². The Morgan fingerprint density at radius 3 is 2.45 bits per heavy atom. The van der Waals surface area contributed by atoms with Gasteiger partial charge < -0.3 is 4.74 Å². The lowest BCUT2D eigenvalue weighted by molar-refractivity contribution is 0.304. The average molecular weight is 297 g/mol. The number of nitrogens with zero attached hydrogens (tertiary/aromatic N) is 1. The fraction of sp³-hybridized carbons (Fsp3) is 0.316. The topological polar surface area (TPSA) is 33.0 Å². The van der Waals surface area contributed by atoms with Gasteiger partial charge in [0.15, 0.2) is 0 Å². The van der Waals surface area contributed by atoms with Crippen LogP contribution in [-0.2, 0) is 0 Å². The molecule has 114 valence electrons. The minimum atomic E-state index is -0.427. The molecule has 0 saturated carbocycles. The maximum Gasteiger partial charge on any atom is 0.127 e. The largest absolute Gasteiger partial charge is 0.494 e. The van der Waals surface area contributed by atoms with Crippen molar-refractivity contribution in [3.8, 4) is 11.8 Å². The summed E-state index contributed by atoms with van der Waals surface area (Å²) in [6, 6.07) is 14.7. The van der Waals surface area contributed by atoms with Crippen molar-refractivity contribution in [2.75, 3.05) is 6.61 Å². The first-order chi connectivity index (χ1) is 10.6. The first-order valence-electron chi connectivity index (χ1n) is 7.45. The van der Waals surface area contributed by atoms with Crippen molar-refractivity contribution in [1.82, 2.24) is 0 Å². The molecule has 0 N–H and O–H groups in total. The van der Waals surface area contributed by atoms with Crippen LogP contribution in [0.15, 0.2) is 42.5 Å². The molecule has 0 heterocycles. The molecule has 0 fully saturated rings. The van der Waals surface area contributed by atoms with Gasteiger partial charge in [0.05, 0.1) is 18.6 Å². The molecular weight excluding hydrogens is 277 g/mol. The number of rotatable bonds is 6. The van der Waals surface area contributed by atoms with E-state index in [1.54, 1.807) is 18.2 Å². The second-order valence-corrected chi connectivity index (χ2v) is 5.52. The number of aryl methyl sites for hydroxylation is 2. The molecule has 3 heteroatoms. The van der Waals surface area contributed by atoms with Crippen molar-refractivity contribution < 1.29 is 9.13 Å². The molecule has 2 nitrogen and oxygen atoms in total. The molecule has 0 saturated heterocycles. The van der Waals surface area contributed by atoms with Crippen LogP contribution >= 0.6 is 0 Å². The highest BCUT2D eigenvalue weighted by Crippen LogP contribution is 2.23. The van der Waals surface area contributed by atoms with Gasteiger partial charge in [0.1, 0.15) is 11.6 Å². The SMILES string of the molecule is Cc1cc(C)cc(OCCCC(C#N)c2ccccc2F)c1. The van der Waals surface area contributed by atoms with Crippen LogP contribution in [0, 0.1) is 31.0 Å². The molecule has 1 atom stereocenters. The standard InChI is InChI=1S/C19H20FNO/c1-14-10-15(2)12-17(11-14)22-9-5-6-16(13-21)18-7-3-4-8-19(18)20/h3-4,7-8,10-12,16H,5-6,9H2,1-2H3. The number of nitriles is 1. The number of hydrogen-bond acceptors (Lipinski definition) is 2. The number of hydrogen-bond donors (Lipinski definition) is 0. The van der Waals surface area contributed by atoms with Gasteiger partial charge in [0.25, 0.3) is 0 Å². The van der Waals surface area contributed by atoms with Gasteiger partial charge in [-0.25, -0.2) is 4.39 Å². The van der Waals surface area contributed by atoms with Crippen molar-refractivity contribution in [3.63, 3.8) is 0 Å². The van der Waals surface area contributed by atoms with Crippen LogP contribution in [-0.4, -0.2) is 6.61 Å². The zero-order valence-corrected chi connectivity index (χ0v) is 13.0. The van der Waals surface area contributed by atoms with E-state index in [2.05, 4.69) is 12.1 Å². The molecule has 2 aromatic rings. The van der Waals surface area contributed by atoms with Gasteiger partial charge in [-0.15, -0.1) is 0 Å². The van der Waals surface area contributed by atoms with E-state index >= 15 is 0 Å². The van der Waals surface area contributed by atoms with E-state index in [9.17, 15) is 9.65 Å². The van der Waals surface area contributed by atoms with E-state index in [4.69, 9.17) is 4.74 Å². The van der Waals surface area contributed by atoms with E-state index in [0.717, 1.165) is 16.9 Å². The van der Waals surface area contributed by atoms with Gasteiger partial charge >= 0.3 is 0 Å². The Hall–Kier alpha value is -2.34. The summed E-state index contributed by atoms with van der Waals surface area (Å²) < 4.78 is 19.4. The van der Waals surface area contributed by atoms with Crippen molar-refractivity contribution in [3.05, 3.63) is 65.0 Å². The molecule has 0 radical (unpaired) electrons. The molecule has 1 unspecified atom stereocenters. The summed E-state index contributed by atoms with van der Waals surface area (Å²) in [7, 11) is 0. The summed E-state index contributed by atoms with van der Waals surface area (Å²) in [6.45, 7) is 4.59. The number of halogens is 1. The van der Waals surface area contributed by atoms with Crippen LogP contribution in [0.25, 0.3) is 0 Å². The molecule has 2 aromatic carbocycles. The molecule has 0 aliphatic heterocycles. The minimum Gasteiger partial charge on any atom is -0.494 e. The summed E-state index contributed by atoms with van der Waals surface area (Å²) >= 11 is 0. The number of ether oxygens (including phenoxy) is 1. The lowest BCUT2D eigenvalue weighted by atomic mass is 9.95. The van der Waals surface area contributed by atoms with Gasteiger partial charge in [0.2, 0.25) is 0 Å². The molecule has 0 aliphatic rings. The van der Waals surface area contributed by atoms with E-state index < -0.39 is 5.92 Å². The highest BCUT2D eigenvalue weighted by molar-refractivity contribution is 5.33. The van der Waals surface area contributed by atoms with Crippen molar-refractivity contribution >= 4 is 0 Å². The fourth-order valence-corrected chi connectivity index (χ4v) is 2.54. The van der Waals surface area contributed by atoms with Crippen LogP contribution in [0.5, 0.6) is 5.75 Å². The summed E-state index contributed by atoms with van der Waals surface area (Å²) in [6.07, 6.45) is 1.29. The molecule has 2 rings (SSSR count). The smallest absolute Gasteiger partial charge is 0.127 e. The zero-order valence-electron chi connectivity index (χ0n) is 13.0. The Labute approximate surface area is 131 Å². The first-order valence-corrected chi connectivity index (χ1v) is 7.45. The van der Waals surface area contributed by atoms with Gasteiger partial charge in [-0.1, -0.05) is 24.3 Å². The molecule has 22 heavy (non-hydrogen) atoms. The van der Waals surface area contributed by atoms with Crippen molar-refractivity contribution in [2.45, 2.75) is 32.6 Å². The maximum atomic E-state index is 13.7. The minimum absolute atomic E-state index is 0.315. The summed E-state index contributed by atoms with van der Waals surface area (Å²) in [5.41, 5.74) is 2.80. The van der Waals surface area contributed by atoms with E-state index in [1.807, 2.05) is 26.0 Å². The zero-order chi connectivity index (χ0) is 15.9. The highest BCUT2D eigenvalue weighted by atomic mass is 19.1. The van der Waals surface area contributed by atoms with Gasteiger partial charge in [-0.05, 0) is 56.0 Å². The molecule has 0 amide bonds. The predicted molar refractivity (Wildman–Crippen MR) is 85.4 cm³/mol. The monoisotopic (exact) mass is 297 g/mol. The van der Waals surface area contributed by atoms with Crippen LogP contribution in [0.4, 0.5) is 4.39 Å². The van der Waals surface area contributed by atoms with E-state index in [0.29, 0.717) is 25.0 Å². The average Bonchev–Trinajstić information content (AvgIpc) is 2.47. The Bertz CT molecular complexity index is 655. The third kappa shape index (κ3) is 4.33. The number of benzene rings is 2. The lowest BCUT2D eigenvalue weighted by Crippen LogP contribution is -2.04. The Morgan fingerprint density at radius 1 is 1.14 bits per heavy atom. The first kappa shape index (κ1) is 16.0. The molecule has 0 aliphatic carbocycles. The predicted octanol–water partition coefficient (Wildman–Crippen LogP) is 4.91. The van der Waals surface area contributed by atoms with Gasteiger partial charge in [0, 0.05) is 5.56 Å². The maximum absolute atomic E-state index is 13.7. The Kier molecular flexibility index (Phi) is 5.55. The Morgan fingerprint density at radius 2 is 1.82 bits per heavy atom. The third-order valence-corrected chi connectivity index (χ3v) is 3.54. The quantitative estimate of drug-likeness (QED) is 0.710. The third-order valence-electron chi connectivity index (χ3n) is 3.54.